The lowest BCUT2D eigenvalue weighted by Gasteiger charge is -2.12. The van der Waals surface area contributed by atoms with Gasteiger partial charge in [-0.15, -0.1) is 0 Å². The van der Waals surface area contributed by atoms with Crippen molar-refractivity contribution in [2.45, 2.75) is 46.8 Å². The molecule has 1 rings (SSSR count). The van der Waals surface area contributed by atoms with Crippen LogP contribution in [0.15, 0.2) is 24.3 Å². The largest absolute Gasteiger partial charge is 0.374 e. The molecule has 0 saturated carbocycles. The van der Waals surface area contributed by atoms with Crippen LogP contribution in [0.1, 0.15) is 50.0 Å². The Morgan fingerprint density at radius 2 is 1.78 bits per heavy atom. The highest BCUT2D eigenvalue weighted by molar-refractivity contribution is 7.80. The quantitative estimate of drug-likeness (QED) is 0.527. The normalized spacial score (nSPS) is 10.7. The van der Waals surface area contributed by atoms with Gasteiger partial charge in [-0.25, -0.2) is 0 Å². The van der Waals surface area contributed by atoms with Crippen molar-refractivity contribution in [3.8, 4) is 0 Å². The lowest BCUT2D eigenvalue weighted by Crippen LogP contribution is -2.47. The Morgan fingerprint density at radius 3 is 2.35 bits per heavy atom. The first-order valence-corrected chi connectivity index (χ1v) is 8.34. The number of nitrogens with one attached hydrogen (secondary N) is 3. The molecule has 128 valence electrons. The molecular formula is C17H27N3O2S. The van der Waals surface area contributed by atoms with E-state index in [0.29, 0.717) is 23.2 Å². The van der Waals surface area contributed by atoms with Gasteiger partial charge in [0.05, 0.1) is 12.7 Å². The van der Waals surface area contributed by atoms with Gasteiger partial charge in [0.25, 0.3) is 5.91 Å². The van der Waals surface area contributed by atoms with Gasteiger partial charge in [-0.3, -0.25) is 15.6 Å². The SMILES string of the molecule is CC(C)CCNC(=S)NNC(=O)c1ccc(COC(C)C)cc1. The molecule has 6 heteroatoms. The van der Waals surface area contributed by atoms with Crippen molar-refractivity contribution in [2.75, 3.05) is 6.54 Å². The van der Waals surface area contributed by atoms with Crippen LogP contribution in [0.2, 0.25) is 0 Å². The van der Waals surface area contributed by atoms with Crippen molar-refractivity contribution in [1.82, 2.24) is 16.2 Å². The van der Waals surface area contributed by atoms with Gasteiger partial charge in [0.2, 0.25) is 0 Å². The predicted molar refractivity (Wildman–Crippen MR) is 97.0 cm³/mol. The van der Waals surface area contributed by atoms with Crippen LogP contribution in [0.25, 0.3) is 0 Å². The van der Waals surface area contributed by atoms with E-state index in [0.717, 1.165) is 18.5 Å². The molecule has 0 aliphatic rings. The Hall–Kier alpha value is -1.66. The van der Waals surface area contributed by atoms with Crippen molar-refractivity contribution in [1.29, 1.82) is 0 Å². The van der Waals surface area contributed by atoms with Gasteiger partial charge in [0.15, 0.2) is 5.11 Å². The number of hydrogen-bond donors (Lipinski definition) is 3. The molecule has 0 aromatic heterocycles. The number of hydrazine groups is 1. The minimum absolute atomic E-state index is 0.186. The lowest BCUT2D eigenvalue weighted by atomic mass is 10.1. The van der Waals surface area contributed by atoms with Gasteiger partial charge in [0, 0.05) is 12.1 Å². The van der Waals surface area contributed by atoms with Crippen LogP contribution in [0.3, 0.4) is 0 Å². The number of thiocarbonyl (C=S) groups is 1. The van der Waals surface area contributed by atoms with Crippen molar-refractivity contribution in [3.63, 3.8) is 0 Å². The van der Waals surface area contributed by atoms with Crippen LogP contribution in [0, 0.1) is 5.92 Å². The first-order valence-electron chi connectivity index (χ1n) is 7.93. The summed E-state index contributed by atoms with van der Waals surface area (Å²) in [5.41, 5.74) is 6.89. The highest BCUT2D eigenvalue weighted by Gasteiger charge is 2.06. The zero-order chi connectivity index (χ0) is 17.2. The van der Waals surface area contributed by atoms with E-state index < -0.39 is 0 Å². The Balaban J connectivity index is 2.35. The van der Waals surface area contributed by atoms with Crippen LogP contribution < -0.4 is 16.2 Å². The van der Waals surface area contributed by atoms with Gasteiger partial charge < -0.3 is 10.1 Å². The highest BCUT2D eigenvalue weighted by atomic mass is 32.1. The molecular weight excluding hydrogens is 310 g/mol. The average molecular weight is 337 g/mol. The van der Waals surface area contributed by atoms with Crippen molar-refractivity contribution in [3.05, 3.63) is 35.4 Å². The van der Waals surface area contributed by atoms with Gasteiger partial charge in [-0.05, 0) is 56.1 Å². The number of benzene rings is 1. The van der Waals surface area contributed by atoms with Crippen LogP contribution in [0.5, 0.6) is 0 Å². The lowest BCUT2D eigenvalue weighted by molar-refractivity contribution is 0.0656. The minimum atomic E-state index is -0.227. The maximum atomic E-state index is 12.0. The Labute approximate surface area is 144 Å². The van der Waals surface area contributed by atoms with Crippen LogP contribution in [-0.4, -0.2) is 23.7 Å². The number of rotatable bonds is 7. The maximum absolute atomic E-state index is 12.0. The van der Waals surface area contributed by atoms with E-state index in [1.54, 1.807) is 12.1 Å². The molecule has 0 saturated heterocycles. The summed E-state index contributed by atoms with van der Waals surface area (Å²) in [7, 11) is 0. The second-order valence-corrected chi connectivity index (χ2v) is 6.48. The molecule has 0 aliphatic carbocycles. The fraction of sp³-hybridized carbons (Fsp3) is 0.529. The summed E-state index contributed by atoms with van der Waals surface area (Å²) in [6, 6.07) is 7.31. The summed E-state index contributed by atoms with van der Waals surface area (Å²) < 4.78 is 5.52. The third-order valence-electron chi connectivity index (χ3n) is 3.10. The van der Waals surface area contributed by atoms with E-state index in [1.807, 2.05) is 26.0 Å². The molecule has 0 bridgehead atoms. The van der Waals surface area contributed by atoms with E-state index >= 15 is 0 Å². The summed E-state index contributed by atoms with van der Waals surface area (Å²) in [5.74, 6) is 0.382. The van der Waals surface area contributed by atoms with E-state index in [2.05, 4.69) is 30.0 Å². The van der Waals surface area contributed by atoms with Crippen molar-refractivity contribution >= 4 is 23.2 Å². The molecule has 0 heterocycles. The van der Waals surface area contributed by atoms with Gasteiger partial charge in [-0.1, -0.05) is 26.0 Å². The Kier molecular flexibility index (Phi) is 8.58. The van der Waals surface area contributed by atoms with E-state index in [1.165, 1.54) is 0 Å². The molecule has 0 aliphatic heterocycles. The van der Waals surface area contributed by atoms with Crippen molar-refractivity contribution in [2.24, 2.45) is 5.92 Å². The Morgan fingerprint density at radius 1 is 1.13 bits per heavy atom. The second-order valence-electron chi connectivity index (χ2n) is 6.07. The first kappa shape index (κ1) is 19.4. The second kappa shape index (κ2) is 10.2. The molecule has 23 heavy (non-hydrogen) atoms. The molecule has 1 aromatic rings. The Bertz CT molecular complexity index is 501. The summed E-state index contributed by atoms with van der Waals surface area (Å²) in [6.45, 7) is 9.61. The van der Waals surface area contributed by atoms with Crippen molar-refractivity contribution < 1.29 is 9.53 Å². The van der Waals surface area contributed by atoms with E-state index in [4.69, 9.17) is 17.0 Å². The smallest absolute Gasteiger partial charge is 0.269 e. The highest BCUT2D eigenvalue weighted by Crippen LogP contribution is 2.07. The standard InChI is InChI=1S/C17H27N3O2S/c1-12(2)9-10-18-17(23)20-19-16(21)15-7-5-14(6-8-15)11-22-13(3)4/h5-8,12-13H,9-11H2,1-4H3,(H,19,21)(H2,18,20,23). The molecule has 3 N–H and O–H groups in total. The summed E-state index contributed by atoms with van der Waals surface area (Å²) in [5, 5.41) is 3.46. The molecule has 5 nitrogen and oxygen atoms in total. The van der Waals surface area contributed by atoms with E-state index in [-0.39, 0.29) is 12.0 Å². The maximum Gasteiger partial charge on any atom is 0.269 e. The third-order valence-corrected chi connectivity index (χ3v) is 3.34. The number of carbonyl (C=O) groups excluding carboxylic acids is 1. The predicted octanol–water partition coefficient (Wildman–Crippen LogP) is 2.77. The summed E-state index contributed by atoms with van der Waals surface area (Å²) >= 11 is 5.10. The van der Waals surface area contributed by atoms with Crippen LogP contribution >= 0.6 is 12.2 Å². The van der Waals surface area contributed by atoms with Gasteiger partial charge >= 0.3 is 0 Å². The molecule has 1 amide bonds. The van der Waals surface area contributed by atoms with Gasteiger partial charge in [-0.2, -0.15) is 0 Å². The zero-order valence-corrected chi connectivity index (χ0v) is 15.1. The number of hydrogen-bond acceptors (Lipinski definition) is 3. The first-order chi connectivity index (χ1) is 10.9. The number of carbonyl (C=O) groups is 1. The zero-order valence-electron chi connectivity index (χ0n) is 14.3. The minimum Gasteiger partial charge on any atom is -0.374 e. The van der Waals surface area contributed by atoms with E-state index in [9.17, 15) is 4.79 Å². The molecule has 0 unspecified atom stereocenters. The van der Waals surface area contributed by atoms with Crippen LogP contribution in [0.4, 0.5) is 0 Å². The monoisotopic (exact) mass is 337 g/mol. The number of amides is 1. The topological polar surface area (TPSA) is 62.4 Å². The fourth-order valence-electron chi connectivity index (χ4n) is 1.72. The summed E-state index contributed by atoms with van der Waals surface area (Å²) in [6.07, 6.45) is 1.21. The molecule has 1 aromatic carbocycles. The van der Waals surface area contributed by atoms with Crippen LogP contribution in [-0.2, 0) is 11.3 Å². The summed E-state index contributed by atoms with van der Waals surface area (Å²) in [4.78, 5) is 12.0. The third kappa shape index (κ3) is 8.52. The number of ether oxygens (including phenoxy) is 1. The molecule has 0 spiro atoms. The molecule has 0 atom stereocenters. The molecule has 0 radical (unpaired) electrons. The average Bonchev–Trinajstić information content (AvgIpc) is 2.50. The molecule has 0 fully saturated rings. The van der Waals surface area contributed by atoms with Gasteiger partial charge in [0.1, 0.15) is 0 Å². The fourth-order valence-corrected chi connectivity index (χ4v) is 1.87.